The first-order valence-corrected chi connectivity index (χ1v) is 8.35. The highest BCUT2D eigenvalue weighted by Crippen LogP contribution is 2.26. The molecule has 0 fully saturated rings. The monoisotopic (exact) mass is 379 g/mol. The van der Waals surface area contributed by atoms with Gasteiger partial charge in [-0.2, -0.15) is 0 Å². The van der Waals surface area contributed by atoms with Gasteiger partial charge in [0.05, 0.1) is 18.2 Å². The van der Waals surface area contributed by atoms with Crippen LogP contribution in [0.3, 0.4) is 0 Å². The number of thioether (sulfide) groups is 1. The van der Waals surface area contributed by atoms with Gasteiger partial charge in [-0.3, -0.25) is 9.59 Å². The molecule has 1 aromatic rings. The molecule has 0 saturated heterocycles. The average molecular weight is 379 g/mol. The molecule has 1 unspecified atom stereocenters. The summed E-state index contributed by atoms with van der Waals surface area (Å²) < 4.78 is 40.1. The van der Waals surface area contributed by atoms with E-state index in [1.165, 1.54) is 23.9 Å². The SMILES string of the molecule is CC(C)(C)SCC(=O)NC(CC(=O)O)c1ccc(OC(F)(F)F)cc1. The maximum atomic E-state index is 12.2. The van der Waals surface area contributed by atoms with Gasteiger partial charge in [-0.05, 0) is 17.7 Å². The summed E-state index contributed by atoms with van der Waals surface area (Å²) in [6, 6.07) is 3.91. The fourth-order valence-electron chi connectivity index (χ4n) is 1.85. The van der Waals surface area contributed by atoms with Crippen molar-refractivity contribution in [2.24, 2.45) is 0 Å². The molecule has 0 heterocycles. The minimum absolute atomic E-state index is 0.129. The standard InChI is InChI=1S/C16H20F3NO4S/c1-15(2,3)25-9-13(21)20-12(8-14(22)23)10-4-6-11(7-5-10)24-16(17,18)19/h4-7,12H,8-9H2,1-3H3,(H,20,21)(H,22,23). The molecule has 0 radical (unpaired) electrons. The van der Waals surface area contributed by atoms with Crippen LogP contribution >= 0.6 is 11.8 Å². The molecule has 1 rings (SSSR count). The van der Waals surface area contributed by atoms with E-state index in [2.05, 4.69) is 10.1 Å². The number of hydrogen-bond donors (Lipinski definition) is 2. The van der Waals surface area contributed by atoms with Gasteiger partial charge in [0.25, 0.3) is 0 Å². The molecule has 140 valence electrons. The molecule has 2 N–H and O–H groups in total. The third-order valence-corrected chi connectivity index (χ3v) is 4.14. The molecule has 0 bridgehead atoms. The molecule has 0 aliphatic rings. The largest absolute Gasteiger partial charge is 0.573 e. The highest BCUT2D eigenvalue weighted by molar-refractivity contribution is 8.01. The van der Waals surface area contributed by atoms with Crippen LogP contribution in [0.25, 0.3) is 0 Å². The smallest absolute Gasteiger partial charge is 0.481 e. The number of amides is 1. The van der Waals surface area contributed by atoms with Gasteiger partial charge in [0.1, 0.15) is 5.75 Å². The number of carbonyl (C=O) groups is 2. The van der Waals surface area contributed by atoms with Gasteiger partial charge < -0.3 is 15.2 Å². The Morgan fingerprint density at radius 2 is 1.76 bits per heavy atom. The molecule has 0 aliphatic heterocycles. The predicted molar refractivity (Wildman–Crippen MR) is 88.5 cm³/mol. The zero-order chi connectivity index (χ0) is 19.3. The van der Waals surface area contributed by atoms with Crippen molar-refractivity contribution in [3.8, 4) is 5.75 Å². The zero-order valence-electron chi connectivity index (χ0n) is 14.0. The van der Waals surface area contributed by atoms with Gasteiger partial charge in [0.15, 0.2) is 0 Å². The van der Waals surface area contributed by atoms with Crippen LogP contribution in [0.1, 0.15) is 38.8 Å². The second-order valence-electron chi connectivity index (χ2n) is 6.24. The molecule has 0 aromatic heterocycles. The lowest BCUT2D eigenvalue weighted by Gasteiger charge is -2.21. The summed E-state index contributed by atoms with van der Waals surface area (Å²) in [6.07, 6.45) is -5.19. The Hall–Kier alpha value is -1.90. The zero-order valence-corrected chi connectivity index (χ0v) is 14.8. The first kappa shape index (κ1) is 21.1. The van der Waals surface area contributed by atoms with E-state index in [1.807, 2.05) is 20.8 Å². The number of carbonyl (C=O) groups excluding carboxylic acids is 1. The van der Waals surface area contributed by atoms with Crippen LogP contribution in [-0.2, 0) is 9.59 Å². The molecule has 5 nitrogen and oxygen atoms in total. The van der Waals surface area contributed by atoms with E-state index in [-0.39, 0.29) is 22.8 Å². The van der Waals surface area contributed by atoms with Gasteiger partial charge in [0.2, 0.25) is 5.91 Å². The number of carboxylic acid groups (broad SMARTS) is 1. The lowest BCUT2D eigenvalue weighted by Crippen LogP contribution is -2.32. The highest BCUT2D eigenvalue weighted by Gasteiger charge is 2.31. The molecule has 1 atom stereocenters. The van der Waals surface area contributed by atoms with Crippen molar-refractivity contribution in [2.75, 3.05) is 5.75 Å². The highest BCUT2D eigenvalue weighted by atomic mass is 32.2. The summed E-state index contributed by atoms with van der Waals surface area (Å²) in [4.78, 5) is 23.0. The van der Waals surface area contributed by atoms with E-state index in [0.29, 0.717) is 5.56 Å². The fourth-order valence-corrected chi connectivity index (χ4v) is 2.49. The summed E-state index contributed by atoms with van der Waals surface area (Å²) in [7, 11) is 0. The van der Waals surface area contributed by atoms with Crippen molar-refractivity contribution in [2.45, 2.75) is 44.3 Å². The van der Waals surface area contributed by atoms with Crippen molar-refractivity contribution in [3.05, 3.63) is 29.8 Å². The van der Waals surface area contributed by atoms with E-state index in [4.69, 9.17) is 5.11 Å². The van der Waals surface area contributed by atoms with Crippen molar-refractivity contribution >= 4 is 23.6 Å². The quantitative estimate of drug-likeness (QED) is 0.755. The molecular formula is C16H20F3NO4S. The first-order chi connectivity index (χ1) is 11.4. The van der Waals surface area contributed by atoms with Crippen molar-refractivity contribution in [1.82, 2.24) is 5.32 Å². The molecule has 1 aromatic carbocycles. The second kappa shape index (κ2) is 8.46. The Bertz CT molecular complexity index is 597. The normalized spacial score (nSPS) is 13.2. The Morgan fingerprint density at radius 1 is 1.20 bits per heavy atom. The van der Waals surface area contributed by atoms with E-state index < -0.39 is 24.1 Å². The van der Waals surface area contributed by atoms with Crippen LogP contribution in [0.5, 0.6) is 5.75 Å². The van der Waals surface area contributed by atoms with Gasteiger partial charge in [0, 0.05) is 4.75 Å². The number of halogens is 3. The van der Waals surface area contributed by atoms with E-state index >= 15 is 0 Å². The summed E-state index contributed by atoms with van der Waals surface area (Å²) in [6.45, 7) is 5.83. The average Bonchev–Trinajstić information content (AvgIpc) is 2.42. The number of alkyl halides is 3. The summed E-state index contributed by atoms with van der Waals surface area (Å²) >= 11 is 1.40. The number of aliphatic carboxylic acids is 1. The Labute approximate surface area is 147 Å². The Kier molecular flexibility index (Phi) is 7.16. The third kappa shape index (κ3) is 9.23. The lowest BCUT2D eigenvalue weighted by atomic mass is 10.0. The maximum Gasteiger partial charge on any atom is 0.573 e. The summed E-state index contributed by atoms with van der Waals surface area (Å²) in [5, 5.41) is 11.6. The van der Waals surface area contributed by atoms with E-state index in [9.17, 15) is 22.8 Å². The van der Waals surface area contributed by atoms with Crippen LogP contribution in [0, 0.1) is 0 Å². The van der Waals surface area contributed by atoms with Crippen LogP contribution < -0.4 is 10.1 Å². The second-order valence-corrected chi connectivity index (χ2v) is 8.04. The van der Waals surface area contributed by atoms with Crippen molar-refractivity contribution in [1.29, 1.82) is 0 Å². The van der Waals surface area contributed by atoms with Crippen LogP contribution in [0.15, 0.2) is 24.3 Å². The number of ether oxygens (including phenoxy) is 1. The summed E-state index contributed by atoms with van der Waals surface area (Å²) in [5.41, 5.74) is 0.381. The Balaban J connectivity index is 2.81. The number of benzene rings is 1. The molecule has 25 heavy (non-hydrogen) atoms. The number of rotatable bonds is 7. The number of nitrogens with one attached hydrogen (secondary N) is 1. The lowest BCUT2D eigenvalue weighted by molar-refractivity contribution is -0.274. The molecular weight excluding hydrogens is 359 g/mol. The molecule has 0 saturated carbocycles. The summed E-state index contributed by atoms with van der Waals surface area (Å²) in [5.74, 6) is -1.75. The van der Waals surface area contributed by atoms with Gasteiger partial charge in [-0.25, -0.2) is 0 Å². The van der Waals surface area contributed by atoms with Crippen molar-refractivity contribution < 1.29 is 32.6 Å². The van der Waals surface area contributed by atoms with Gasteiger partial charge in [-0.15, -0.1) is 24.9 Å². The molecule has 1 amide bonds. The molecule has 9 heteroatoms. The molecule has 0 aliphatic carbocycles. The maximum absolute atomic E-state index is 12.2. The van der Waals surface area contributed by atoms with E-state index in [1.54, 1.807) is 0 Å². The predicted octanol–water partition coefficient (Wildman–Crippen LogP) is 3.75. The van der Waals surface area contributed by atoms with Crippen molar-refractivity contribution in [3.63, 3.8) is 0 Å². The van der Waals surface area contributed by atoms with Crippen LogP contribution in [0.4, 0.5) is 13.2 Å². The minimum Gasteiger partial charge on any atom is -0.481 e. The fraction of sp³-hybridized carbons (Fsp3) is 0.500. The topological polar surface area (TPSA) is 75.6 Å². The number of hydrogen-bond acceptors (Lipinski definition) is 4. The first-order valence-electron chi connectivity index (χ1n) is 7.36. The van der Waals surface area contributed by atoms with Gasteiger partial charge >= 0.3 is 12.3 Å². The minimum atomic E-state index is -4.81. The molecule has 0 spiro atoms. The Morgan fingerprint density at radius 3 is 2.20 bits per heavy atom. The third-order valence-electron chi connectivity index (χ3n) is 2.87. The van der Waals surface area contributed by atoms with Crippen LogP contribution in [-0.4, -0.2) is 33.8 Å². The van der Waals surface area contributed by atoms with Crippen LogP contribution in [0.2, 0.25) is 0 Å². The van der Waals surface area contributed by atoms with Gasteiger partial charge in [-0.1, -0.05) is 32.9 Å². The number of carboxylic acids is 1. The van der Waals surface area contributed by atoms with E-state index in [0.717, 1.165) is 12.1 Å².